The van der Waals surface area contributed by atoms with Gasteiger partial charge in [-0.2, -0.15) is 0 Å². The van der Waals surface area contributed by atoms with Crippen LogP contribution >= 0.6 is 0 Å². The van der Waals surface area contributed by atoms with Crippen molar-refractivity contribution in [3.8, 4) is 0 Å². The molecule has 0 amide bonds. The van der Waals surface area contributed by atoms with E-state index in [2.05, 4.69) is 0 Å². The number of benzene rings is 2. The molecule has 0 radical (unpaired) electrons. The first-order valence-corrected chi connectivity index (χ1v) is 8.27. The van der Waals surface area contributed by atoms with Crippen LogP contribution in [-0.4, -0.2) is 10.4 Å². The first kappa shape index (κ1) is 18.6. The van der Waals surface area contributed by atoms with Crippen LogP contribution in [0, 0.1) is 17.5 Å². The molecule has 0 aliphatic carbocycles. The lowest BCUT2D eigenvalue weighted by molar-refractivity contribution is 0.101. The molecule has 0 aliphatic heterocycles. The van der Waals surface area contributed by atoms with Crippen LogP contribution in [0.5, 0.6) is 0 Å². The fourth-order valence-corrected chi connectivity index (χ4v) is 2.86. The van der Waals surface area contributed by atoms with Crippen LogP contribution in [-0.2, 0) is 13.0 Å². The van der Waals surface area contributed by atoms with Gasteiger partial charge in [-0.15, -0.1) is 0 Å². The number of halogens is 3. The topological polar surface area (TPSA) is 39.1 Å². The zero-order valence-electron chi connectivity index (χ0n) is 14.5. The highest BCUT2D eigenvalue weighted by molar-refractivity contribution is 5.93. The van der Waals surface area contributed by atoms with Gasteiger partial charge in [-0.1, -0.05) is 24.3 Å². The molecule has 3 aromatic rings. The SMILES string of the molecule is CC(=O)c1cc(Cc2ccc(F)cc2F)cn(Cc2ccccc2F)c1=O. The summed E-state index contributed by atoms with van der Waals surface area (Å²) in [5.41, 5.74) is 0.392. The minimum Gasteiger partial charge on any atom is -0.310 e. The van der Waals surface area contributed by atoms with Gasteiger partial charge in [-0.05, 0) is 36.2 Å². The molecule has 27 heavy (non-hydrogen) atoms. The monoisotopic (exact) mass is 371 g/mol. The van der Waals surface area contributed by atoms with Gasteiger partial charge in [0.15, 0.2) is 5.78 Å². The number of Topliss-reactive ketones (excluding diaryl/α,β-unsaturated/α-hetero) is 1. The van der Waals surface area contributed by atoms with Crippen molar-refractivity contribution < 1.29 is 18.0 Å². The predicted octanol–water partition coefficient (Wildman–Crippen LogP) is 4.11. The maximum absolute atomic E-state index is 13.9. The van der Waals surface area contributed by atoms with Crippen LogP contribution in [0.1, 0.15) is 34.0 Å². The Balaban J connectivity index is 2.04. The number of carbonyl (C=O) groups is 1. The van der Waals surface area contributed by atoms with E-state index in [-0.39, 0.29) is 24.1 Å². The number of hydrogen-bond donors (Lipinski definition) is 0. The molecule has 3 nitrogen and oxygen atoms in total. The summed E-state index contributed by atoms with van der Waals surface area (Å²) >= 11 is 0. The zero-order valence-corrected chi connectivity index (χ0v) is 14.5. The van der Waals surface area contributed by atoms with Gasteiger partial charge in [0.2, 0.25) is 0 Å². The summed E-state index contributed by atoms with van der Waals surface area (Å²) in [6.07, 6.45) is 1.52. The normalized spacial score (nSPS) is 10.8. The van der Waals surface area contributed by atoms with Crippen molar-refractivity contribution in [3.63, 3.8) is 0 Å². The van der Waals surface area contributed by atoms with E-state index in [1.54, 1.807) is 12.1 Å². The van der Waals surface area contributed by atoms with Crippen LogP contribution in [0.25, 0.3) is 0 Å². The van der Waals surface area contributed by atoms with Gasteiger partial charge in [0.25, 0.3) is 5.56 Å². The highest BCUT2D eigenvalue weighted by Gasteiger charge is 2.14. The van der Waals surface area contributed by atoms with Gasteiger partial charge in [0.05, 0.1) is 12.1 Å². The smallest absolute Gasteiger partial charge is 0.261 e. The van der Waals surface area contributed by atoms with Crippen molar-refractivity contribution in [3.05, 3.63) is 105 Å². The van der Waals surface area contributed by atoms with Gasteiger partial charge in [-0.3, -0.25) is 9.59 Å². The highest BCUT2D eigenvalue weighted by Crippen LogP contribution is 2.16. The van der Waals surface area contributed by atoms with E-state index < -0.39 is 28.8 Å². The molecule has 0 spiro atoms. The number of pyridine rings is 1. The van der Waals surface area contributed by atoms with Crippen molar-refractivity contribution in [2.45, 2.75) is 19.9 Å². The van der Waals surface area contributed by atoms with E-state index in [0.717, 1.165) is 12.1 Å². The second-order valence-corrected chi connectivity index (χ2v) is 6.26. The number of hydrogen-bond acceptors (Lipinski definition) is 2. The van der Waals surface area contributed by atoms with E-state index in [1.165, 1.54) is 42.0 Å². The van der Waals surface area contributed by atoms with Crippen LogP contribution in [0.15, 0.2) is 59.5 Å². The molecule has 138 valence electrons. The molecule has 0 saturated heterocycles. The molecule has 0 saturated carbocycles. The van der Waals surface area contributed by atoms with Crippen molar-refractivity contribution in [1.29, 1.82) is 0 Å². The molecule has 0 bridgehead atoms. The number of carbonyl (C=O) groups excluding carboxylic acids is 1. The average Bonchev–Trinajstić information content (AvgIpc) is 2.61. The summed E-state index contributed by atoms with van der Waals surface area (Å²) in [5, 5.41) is 0. The van der Waals surface area contributed by atoms with E-state index in [4.69, 9.17) is 0 Å². The molecule has 0 aliphatic rings. The van der Waals surface area contributed by atoms with Crippen molar-refractivity contribution in [1.82, 2.24) is 4.57 Å². The van der Waals surface area contributed by atoms with E-state index in [9.17, 15) is 22.8 Å². The van der Waals surface area contributed by atoms with Gasteiger partial charge in [0, 0.05) is 24.2 Å². The summed E-state index contributed by atoms with van der Waals surface area (Å²) in [6, 6.07) is 10.6. The molecule has 0 atom stereocenters. The molecular formula is C21H16F3NO2. The first-order valence-electron chi connectivity index (χ1n) is 8.27. The molecule has 0 fully saturated rings. The van der Waals surface area contributed by atoms with E-state index in [0.29, 0.717) is 11.1 Å². The van der Waals surface area contributed by atoms with E-state index >= 15 is 0 Å². The Morgan fingerprint density at radius 3 is 2.37 bits per heavy atom. The molecule has 0 N–H and O–H groups in total. The Bertz CT molecular complexity index is 1070. The fraction of sp³-hybridized carbons (Fsp3) is 0.143. The number of aromatic nitrogens is 1. The van der Waals surface area contributed by atoms with Crippen LogP contribution in [0.3, 0.4) is 0 Å². The predicted molar refractivity (Wildman–Crippen MR) is 95.4 cm³/mol. The quantitative estimate of drug-likeness (QED) is 0.633. The number of ketones is 1. The molecule has 2 aromatic carbocycles. The summed E-state index contributed by atoms with van der Waals surface area (Å²) < 4.78 is 42.2. The third kappa shape index (κ3) is 4.16. The average molecular weight is 371 g/mol. The minimum absolute atomic E-state index is 0.0595. The van der Waals surface area contributed by atoms with Crippen LogP contribution in [0.4, 0.5) is 13.2 Å². The molecule has 6 heteroatoms. The molecule has 0 unspecified atom stereocenters. The number of nitrogens with zero attached hydrogens (tertiary/aromatic N) is 1. The number of rotatable bonds is 5. The summed E-state index contributed by atoms with van der Waals surface area (Å²) in [7, 11) is 0. The lowest BCUT2D eigenvalue weighted by Crippen LogP contribution is -2.27. The van der Waals surface area contributed by atoms with Gasteiger partial charge in [0.1, 0.15) is 17.5 Å². The summed E-state index contributed by atoms with van der Waals surface area (Å²) in [6.45, 7) is 1.19. The first-order chi connectivity index (χ1) is 12.8. The van der Waals surface area contributed by atoms with Gasteiger partial charge in [-0.25, -0.2) is 13.2 Å². The third-order valence-electron chi connectivity index (χ3n) is 4.23. The fourth-order valence-electron chi connectivity index (χ4n) is 2.86. The minimum atomic E-state index is -0.716. The van der Waals surface area contributed by atoms with Crippen molar-refractivity contribution in [2.75, 3.05) is 0 Å². The lowest BCUT2D eigenvalue weighted by Gasteiger charge is -2.12. The molecular weight excluding hydrogens is 355 g/mol. The van der Waals surface area contributed by atoms with Crippen molar-refractivity contribution in [2.24, 2.45) is 0 Å². The molecule has 1 aromatic heterocycles. The van der Waals surface area contributed by atoms with Crippen molar-refractivity contribution >= 4 is 5.78 Å². The largest absolute Gasteiger partial charge is 0.310 e. The van der Waals surface area contributed by atoms with Gasteiger partial charge >= 0.3 is 0 Å². The van der Waals surface area contributed by atoms with E-state index in [1.807, 2.05) is 0 Å². The second kappa shape index (κ2) is 7.61. The van der Waals surface area contributed by atoms with Gasteiger partial charge < -0.3 is 4.57 Å². The summed E-state index contributed by atoms with van der Waals surface area (Å²) in [4.78, 5) is 24.4. The standard InChI is InChI=1S/C21H16F3NO2/c1-13(26)18-9-14(8-15-6-7-17(22)10-20(15)24)11-25(21(18)27)12-16-4-2-3-5-19(16)23/h2-7,9-11H,8,12H2,1H3. The lowest BCUT2D eigenvalue weighted by atomic mass is 10.0. The maximum atomic E-state index is 13.9. The second-order valence-electron chi connectivity index (χ2n) is 6.26. The Morgan fingerprint density at radius 2 is 1.70 bits per heavy atom. The van der Waals surface area contributed by atoms with Crippen LogP contribution in [0.2, 0.25) is 0 Å². The Kier molecular flexibility index (Phi) is 5.26. The zero-order chi connectivity index (χ0) is 19.6. The molecule has 1 heterocycles. The summed E-state index contributed by atoms with van der Waals surface area (Å²) in [5.74, 6) is -2.32. The Labute approximate surface area is 153 Å². The third-order valence-corrected chi connectivity index (χ3v) is 4.23. The maximum Gasteiger partial charge on any atom is 0.261 e. The Hall–Kier alpha value is -3.15. The highest BCUT2D eigenvalue weighted by atomic mass is 19.1. The molecule has 3 rings (SSSR count). The Morgan fingerprint density at radius 1 is 0.963 bits per heavy atom. The van der Waals surface area contributed by atoms with Crippen LogP contribution < -0.4 is 5.56 Å².